The number of rotatable bonds is 6. The predicted octanol–water partition coefficient (Wildman–Crippen LogP) is 7.99. The predicted molar refractivity (Wildman–Crippen MR) is 110 cm³/mol. The van der Waals surface area contributed by atoms with Crippen LogP contribution >= 0.6 is 10.2 Å². The lowest BCUT2D eigenvalue weighted by Gasteiger charge is -2.40. The van der Waals surface area contributed by atoms with Crippen LogP contribution < -0.4 is 4.74 Å². The molecule has 0 unspecified atom stereocenters. The summed E-state index contributed by atoms with van der Waals surface area (Å²) < 4.78 is 108. The Bertz CT molecular complexity index is 1210. The number of aromatic nitrogens is 4. The summed E-state index contributed by atoms with van der Waals surface area (Å²) in [6.45, 7) is 3.09. The summed E-state index contributed by atoms with van der Waals surface area (Å²) >= 11 is 0. The number of nitrogens with zero attached hydrogens (tertiary/aromatic N) is 4. The fourth-order valence-electron chi connectivity index (χ4n) is 2.74. The third-order valence-corrected chi connectivity index (χ3v) is 5.44. The first kappa shape index (κ1) is 25.3. The van der Waals surface area contributed by atoms with Gasteiger partial charge in [-0.15, -0.1) is 0 Å². The molecule has 0 fully saturated rings. The molecule has 0 atom stereocenters. The second kappa shape index (κ2) is 7.89. The average molecular weight is 512 g/mol. The molecule has 0 saturated heterocycles. The molecule has 34 heavy (non-hydrogen) atoms. The molecule has 0 aliphatic heterocycles. The molecule has 3 aromatic rings. The van der Waals surface area contributed by atoms with Crippen LogP contribution in [-0.4, -0.2) is 26.1 Å². The fraction of sp³-hybridized carbons (Fsp3) is 0.200. The molecule has 14 heteroatoms. The molecule has 0 aliphatic rings. The molecular formula is C20H16F8N4OS. The van der Waals surface area contributed by atoms with Crippen molar-refractivity contribution in [1.29, 1.82) is 0 Å². The minimum Gasteiger partial charge on any atom is -0.437 e. The van der Waals surface area contributed by atoms with Crippen LogP contribution in [0.2, 0.25) is 0 Å². The van der Waals surface area contributed by atoms with Gasteiger partial charge in [-0.3, -0.25) is 0 Å². The maximum atomic E-state index is 12.9. The van der Waals surface area contributed by atoms with E-state index in [1.807, 2.05) is 0 Å². The highest BCUT2D eigenvalue weighted by Crippen LogP contribution is 3.02. The molecule has 0 spiro atoms. The number of benzene rings is 1. The second-order valence-corrected chi connectivity index (χ2v) is 9.75. The van der Waals surface area contributed by atoms with Crippen molar-refractivity contribution in [3.8, 4) is 22.9 Å². The lowest BCUT2D eigenvalue weighted by molar-refractivity contribution is -0.0796. The Morgan fingerprint density at radius 3 is 1.94 bits per heavy atom. The third-order valence-electron chi connectivity index (χ3n) is 4.27. The van der Waals surface area contributed by atoms with Crippen LogP contribution in [0.3, 0.4) is 0 Å². The van der Waals surface area contributed by atoms with Gasteiger partial charge in [-0.05, 0) is 30.2 Å². The maximum absolute atomic E-state index is 12.9. The monoisotopic (exact) mass is 512 g/mol. The van der Waals surface area contributed by atoms with Crippen molar-refractivity contribution in [3.63, 3.8) is 0 Å². The van der Waals surface area contributed by atoms with Crippen LogP contribution in [0, 0.1) is 5.92 Å². The number of alkyl halides is 3. The Hall–Kier alpha value is -3.29. The van der Waals surface area contributed by atoms with E-state index in [9.17, 15) is 32.6 Å². The Labute approximate surface area is 188 Å². The van der Waals surface area contributed by atoms with Gasteiger partial charge in [0, 0.05) is 42.0 Å². The van der Waals surface area contributed by atoms with Crippen LogP contribution in [-0.2, 0) is 0 Å². The zero-order chi connectivity index (χ0) is 25.4. The van der Waals surface area contributed by atoms with Gasteiger partial charge in [-0.25, -0.2) is 19.9 Å². The first-order chi connectivity index (χ1) is 15.4. The first-order valence-corrected chi connectivity index (χ1v) is 11.3. The van der Waals surface area contributed by atoms with Crippen LogP contribution in [0.25, 0.3) is 16.8 Å². The minimum atomic E-state index is -9.84. The zero-order valence-corrected chi connectivity index (χ0v) is 18.2. The number of ether oxygens (including phenoxy) is 1. The van der Waals surface area contributed by atoms with Gasteiger partial charge in [0.15, 0.2) is 5.82 Å². The van der Waals surface area contributed by atoms with Crippen LogP contribution in [0.15, 0.2) is 60.0 Å². The highest BCUT2D eigenvalue weighted by atomic mass is 32.5. The summed E-state index contributed by atoms with van der Waals surface area (Å²) in [5.41, 5.74) is 0.0704. The molecule has 2 heterocycles. The van der Waals surface area contributed by atoms with Crippen molar-refractivity contribution in [2.24, 2.45) is 5.92 Å². The molecular weight excluding hydrogens is 496 g/mol. The molecule has 2 aromatic heterocycles. The smallest absolute Gasteiger partial charge is 0.410 e. The lowest BCUT2D eigenvalue weighted by Crippen LogP contribution is -2.08. The van der Waals surface area contributed by atoms with E-state index >= 15 is 0 Å². The van der Waals surface area contributed by atoms with Gasteiger partial charge >= 0.3 is 16.4 Å². The fourth-order valence-corrected chi connectivity index (χ4v) is 3.39. The lowest BCUT2D eigenvalue weighted by atomic mass is 10.0. The molecule has 5 nitrogen and oxygen atoms in total. The molecule has 0 amide bonds. The SMILES string of the molecule is CC(C)/C(=C\C(F)(F)F)c1ncc(-c2nccnc2Oc2ccc(S(F)(F)(F)(F)F)cc2)cn1. The van der Waals surface area contributed by atoms with Gasteiger partial charge < -0.3 is 4.74 Å². The van der Waals surface area contributed by atoms with Crippen molar-refractivity contribution >= 4 is 15.8 Å². The first-order valence-electron chi connectivity index (χ1n) is 9.38. The standard InChI is InChI=1S/C20H16F8N4OS/c1-12(2)16(9-20(21,22)23)18-31-10-13(11-32-18)17-19(30-8-7-29-17)33-14-3-5-15(6-4-14)34(24,25,26,27)28/h3-12H,1-2H3/b16-9+. The third kappa shape index (κ3) is 6.40. The van der Waals surface area contributed by atoms with Crippen LogP contribution in [0.1, 0.15) is 19.7 Å². The molecule has 1 aromatic carbocycles. The Kier molecular flexibility index (Phi) is 5.88. The molecule has 0 N–H and O–H groups in total. The summed E-state index contributed by atoms with van der Waals surface area (Å²) in [6.07, 6.45) is 0.378. The molecule has 0 aliphatic carbocycles. The van der Waals surface area contributed by atoms with E-state index in [1.54, 1.807) is 13.8 Å². The second-order valence-electron chi connectivity index (χ2n) is 7.34. The Morgan fingerprint density at radius 2 is 1.44 bits per heavy atom. The van der Waals surface area contributed by atoms with Gasteiger partial charge in [0.1, 0.15) is 16.3 Å². The zero-order valence-electron chi connectivity index (χ0n) is 17.4. The number of allylic oxidation sites excluding steroid dienone is 2. The van der Waals surface area contributed by atoms with Gasteiger partial charge in [0.25, 0.3) is 0 Å². The summed E-state index contributed by atoms with van der Waals surface area (Å²) in [4.78, 5) is 13.8. The molecule has 3 rings (SSSR count). The van der Waals surface area contributed by atoms with Crippen molar-refractivity contribution in [3.05, 3.63) is 61.0 Å². The number of halogens is 8. The molecule has 0 bridgehead atoms. The molecule has 0 radical (unpaired) electrons. The van der Waals surface area contributed by atoms with E-state index in [0.29, 0.717) is 12.1 Å². The number of hydrogen-bond donors (Lipinski definition) is 0. The molecule has 184 valence electrons. The number of hydrogen-bond acceptors (Lipinski definition) is 5. The maximum Gasteiger partial charge on any atom is 0.410 e. The largest absolute Gasteiger partial charge is 0.437 e. The van der Waals surface area contributed by atoms with Crippen molar-refractivity contribution in [2.75, 3.05) is 0 Å². The quantitative estimate of drug-likeness (QED) is 0.313. The van der Waals surface area contributed by atoms with Crippen molar-refractivity contribution in [1.82, 2.24) is 19.9 Å². The Balaban J connectivity index is 1.91. The van der Waals surface area contributed by atoms with Crippen molar-refractivity contribution < 1.29 is 37.3 Å². The Morgan fingerprint density at radius 1 is 0.882 bits per heavy atom. The molecule has 0 saturated carbocycles. The minimum absolute atomic E-state index is 0.0248. The van der Waals surface area contributed by atoms with E-state index in [1.165, 1.54) is 24.8 Å². The van der Waals surface area contributed by atoms with Crippen LogP contribution in [0.4, 0.5) is 32.6 Å². The average Bonchev–Trinajstić information content (AvgIpc) is 2.71. The highest BCUT2D eigenvalue weighted by Gasteiger charge is 2.65. The van der Waals surface area contributed by atoms with Gasteiger partial charge in [-0.2, -0.15) is 13.2 Å². The summed E-state index contributed by atoms with van der Waals surface area (Å²) in [5, 5.41) is 0. The van der Waals surface area contributed by atoms with E-state index < -0.39 is 27.2 Å². The topological polar surface area (TPSA) is 60.8 Å². The highest BCUT2D eigenvalue weighted by molar-refractivity contribution is 8.45. The van der Waals surface area contributed by atoms with E-state index in [4.69, 9.17) is 4.74 Å². The van der Waals surface area contributed by atoms with E-state index in [-0.39, 0.29) is 52.5 Å². The van der Waals surface area contributed by atoms with Gasteiger partial charge in [0.2, 0.25) is 5.88 Å². The van der Waals surface area contributed by atoms with Crippen molar-refractivity contribution in [2.45, 2.75) is 24.9 Å². The van der Waals surface area contributed by atoms with E-state index in [2.05, 4.69) is 19.9 Å². The summed E-state index contributed by atoms with van der Waals surface area (Å²) in [7, 11) is -9.84. The van der Waals surface area contributed by atoms with Gasteiger partial charge in [-0.1, -0.05) is 33.3 Å². The normalized spacial score (nSPS) is 15.1. The summed E-state index contributed by atoms with van der Waals surface area (Å²) in [6, 6.07) is 1.76. The summed E-state index contributed by atoms with van der Waals surface area (Å²) in [5.74, 6) is -1.14. The van der Waals surface area contributed by atoms with Gasteiger partial charge in [0.05, 0.1) is 0 Å². The van der Waals surface area contributed by atoms with E-state index in [0.717, 1.165) is 0 Å². The van der Waals surface area contributed by atoms with Crippen LogP contribution in [0.5, 0.6) is 11.6 Å².